The molecule has 1 aromatic rings. The molecule has 2 atom stereocenters. The first kappa shape index (κ1) is 37.5. The van der Waals surface area contributed by atoms with E-state index in [-0.39, 0.29) is 30.6 Å². The molecular weight excluding hydrogens is 634 g/mol. The van der Waals surface area contributed by atoms with E-state index in [1.165, 1.54) is 25.7 Å². The number of fused-ring (bicyclic) bond motifs is 1. The maximum absolute atomic E-state index is 9.29. The molecule has 10 heteroatoms. The van der Waals surface area contributed by atoms with E-state index in [1.807, 2.05) is 19.1 Å². The minimum atomic E-state index is 0. The molecule has 0 saturated carbocycles. The zero-order valence-corrected chi connectivity index (χ0v) is 30.1. The van der Waals surface area contributed by atoms with Crippen molar-refractivity contribution in [3.05, 3.63) is 33.6 Å². The summed E-state index contributed by atoms with van der Waals surface area (Å²) < 4.78 is 7.40. The van der Waals surface area contributed by atoms with Crippen LogP contribution in [0.5, 0.6) is 6.01 Å². The fraction of sp³-hybridized carbons (Fsp3) is 0.618. The minimum Gasteiger partial charge on any atom is -0.463 e. The number of halogens is 1. The fourth-order valence-corrected chi connectivity index (χ4v) is 6.00. The number of nitrogens with two attached hydrogens (primary N) is 1. The summed E-state index contributed by atoms with van der Waals surface area (Å²) in [6.07, 6.45) is 15.8. The first-order valence-electron chi connectivity index (χ1n) is 16.0. The molecule has 8 nitrogen and oxygen atoms in total. The van der Waals surface area contributed by atoms with Crippen molar-refractivity contribution in [3.8, 4) is 12.1 Å². The van der Waals surface area contributed by atoms with Crippen LogP contribution in [0.15, 0.2) is 32.3 Å². The van der Waals surface area contributed by atoms with Crippen molar-refractivity contribution >= 4 is 58.3 Å². The van der Waals surface area contributed by atoms with E-state index in [2.05, 4.69) is 61.5 Å². The van der Waals surface area contributed by atoms with Gasteiger partial charge in [0.25, 0.3) is 0 Å². The molecule has 2 heterocycles. The van der Waals surface area contributed by atoms with E-state index in [9.17, 15) is 5.26 Å². The van der Waals surface area contributed by atoms with Gasteiger partial charge in [-0.1, -0.05) is 65.9 Å². The van der Waals surface area contributed by atoms with E-state index >= 15 is 0 Å². The third-order valence-corrected chi connectivity index (χ3v) is 8.82. The van der Waals surface area contributed by atoms with E-state index in [0.717, 1.165) is 77.2 Å². The van der Waals surface area contributed by atoms with Crippen LogP contribution >= 0.6 is 29.4 Å². The normalized spacial score (nSPS) is 19.2. The van der Waals surface area contributed by atoms with Gasteiger partial charge in [0, 0.05) is 34.6 Å². The summed E-state index contributed by atoms with van der Waals surface area (Å²) in [5.41, 5.74) is 10.5. The van der Waals surface area contributed by atoms with Crippen LogP contribution in [0.3, 0.4) is 0 Å². The molecule has 0 amide bonds. The van der Waals surface area contributed by atoms with E-state index < -0.39 is 0 Å². The molecule has 2 aliphatic rings. The van der Waals surface area contributed by atoms with E-state index in [0.29, 0.717) is 25.7 Å². The van der Waals surface area contributed by atoms with E-state index in [1.54, 1.807) is 6.08 Å². The lowest BCUT2D eigenvalue weighted by atomic mass is 9.81. The summed E-state index contributed by atoms with van der Waals surface area (Å²) in [7, 11) is 0. The Morgan fingerprint density at radius 2 is 1.95 bits per heavy atom. The Kier molecular flexibility index (Phi) is 15.7. The molecule has 0 spiro atoms. The number of nitriles is 1. The highest BCUT2D eigenvalue weighted by Gasteiger charge is 2.31. The number of hydrogen-bond donors (Lipinski definition) is 1. The monoisotopic (exact) mass is 685 g/mol. The molecule has 0 radical (unpaired) electrons. The predicted molar refractivity (Wildman–Crippen MR) is 194 cm³/mol. The molecule has 0 aromatic carbocycles. The maximum Gasteiger partial charge on any atom is 0.318 e. The highest BCUT2D eigenvalue weighted by molar-refractivity contribution is 9.12. The smallest absolute Gasteiger partial charge is 0.318 e. The minimum absolute atomic E-state index is 0. The highest BCUT2D eigenvalue weighted by Crippen LogP contribution is 2.40. The summed E-state index contributed by atoms with van der Waals surface area (Å²) in [6.45, 7) is 15.6. The Morgan fingerprint density at radius 3 is 2.61 bits per heavy atom. The summed E-state index contributed by atoms with van der Waals surface area (Å²) in [5.74, 6) is 0.793. The van der Waals surface area contributed by atoms with Crippen LogP contribution in [0.4, 0.5) is 5.82 Å². The topological polar surface area (TPSA) is 113 Å². The van der Waals surface area contributed by atoms with Crippen LogP contribution in [0, 0.1) is 16.7 Å². The van der Waals surface area contributed by atoms with Gasteiger partial charge in [-0.25, -0.2) is 0 Å². The standard InChI is InChI=1S/C34H50BrN7O.H2S/c1-7-11-13-16-34(6,15-12-8-2)23-43-33-40-29-20-28(35)31(39-24(5)9-3)27(10-4)30(29)32(41-33)42-18-14-17-38-26(22-42)19-25(37)21-36;/h10,19-20,24H,7-9,11-18,22-23,37H2,1-6H3;1H2/b25-19-,27-10-,39-31?;. The molecule has 0 saturated heterocycles. The summed E-state index contributed by atoms with van der Waals surface area (Å²) in [4.78, 5) is 22.0. The zero-order valence-electron chi connectivity index (χ0n) is 27.5. The Balaban J connectivity index is 0.00000675. The van der Waals surface area contributed by atoms with Gasteiger partial charge in [0.1, 0.15) is 17.6 Å². The first-order valence-corrected chi connectivity index (χ1v) is 16.8. The average Bonchev–Trinajstić information content (AvgIpc) is 3.24. The third-order valence-electron chi connectivity index (χ3n) is 8.21. The summed E-state index contributed by atoms with van der Waals surface area (Å²) in [5, 5.41) is 9.29. The molecule has 242 valence electrons. The van der Waals surface area contributed by atoms with Gasteiger partial charge < -0.3 is 15.4 Å². The van der Waals surface area contributed by atoms with Crippen LogP contribution in [0.25, 0.3) is 11.6 Å². The SMILES string of the molecule is C/C=C1\C(=NC(C)CC)C(Br)=Cc2nc(OCC(C)(CCCC)CCCCC)nc(N3CCCN=C(/C=C(\N)C#N)C3)c21.S. The van der Waals surface area contributed by atoms with Gasteiger partial charge >= 0.3 is 6.01 Å². The molecule has 1 aromatic heterocycles. The lowest BCUT2D eigenvalue weighted by molar-refractivity contribution is 0.126. The lowest BCUT2D eigenvalue weighted by Gasteiger charge is -2.31. The number of nitrogens with zero attached hydrogens (tertiary/aromatic N) is 6. The number of allylic oxidation sites excluding steroid dienone is 4. The predicted octanol–water partition coefficient (Wildman–Crippen LogP) is 8.15. The van der Waals surface area contributed by atoms with Crippen molar-refractivity contribution in [2.24, 2.45) is 21.1 Å². The van der Waals surface area contributed by atoms with Gasteiger partial charge in [-0.15, -0.1) is 0 Å². The van der Waals surface area contributed by atoms with Crippen molar-refractivity contribution < 1.29 is 4.74 Å². The molecule has 0 fully saturated rings. The van der Waals surface area contributed by atoms with Crippen LogP contribution in [-0.2, 0) is 0 Å². The second-order valence-electron chi connectivity index (χ2n) is 12.0. The Bertz CT molecular complexity index is 1310. The van der Waals surface area contributed by atoms with Crippen molar-refractivity contribution in [2.45, 2.75) is 105 Å². The number of aliphatic imine (C=N–C) groups is 2. The number of hydrogen-bond acceptors (Lipinski definition) is 8. The Morgan fingerprint density at radius 1 is 1.23 bits per heavy atom. The molecule has 2 unspecified atom stereocenters. The molecular formula is C34H52BrN7OS. The number of rotatable bonds is 14. The second-order valence-corrected chi connectivity index (χ2v) is 12.9. The average molecular weight is 687 g/mol. The Labute approximate surface area is 280 Å². The van der Waals surface area contributed by atoms with Crippen LogP contribution in [0.1, 0.15) is 111 Å². The zero-order chi connectivity index (χ0) is 31.4. The molecule has 0 bridgehead atoms. The number of ether oxygens (including phenoxy) is 1. The van der Waals surface area contributed by atoms with Crippen molar-refractivity contribution in [3.63, 3.8) is 0 Å². The van der Waals surface area contributed by atoms with Gasteiger partial charge in [-0.3, -0.25) is 9.98 Å². The van der Waals surface area contributed by atoms with Crippen LogP contribution in [-0.4, -0.2) is 53.7 Å². The van der Waals surface area contributed by atoms with Crippen molar-refractivity contribution in [2.75, 3.05) is 31.1 Å². The van der Waals surface area contributed by atoms with Gasteiger partial charge in [0.2, 0.25) is 0 Å². The fourth-order valence-electron chi connectivity index (χ4n) is 5.47. The Hall–Kier alpha value is -2.64. The maximum atomic E-state index is 9.29. The highest BCUT2D eigenvalue weighted by atomic mass is 79.9. The number of aromatic nitrogens is 2. The van der Waals surface area contributed by atoms with Crippen LogP contribution < -0.4 is 15.4 Å². The van der Waals surface area contributed by atoms with Gasteiger partial charge in [-0.2, -0.15) is 28.7 Å². The number of unbranched alkanes of at least 4 members (excludes halogenated alkanes) is 3. The second kappa shape index (κ2) is 18.4. The summed E-state index contributed by atoms with van der Waals surface area (Å²) >= 11 is 3.80. The molecule has 1 aliphatic carbocycles. The van der Waals surface area contributed by atoms with E-state index in [4.69, 9.17) is 30.4 Å². The van der Waals surface area contributed by atoms with Crippen LogP contribution in [0.2, 0.25) is 0 Å². The van der Waals surface area contributed by atoms with Gasteiger partial charge in [-0.05, 0) is 67.6 Å². The van der Waals surface area contributed by atoms with Crippen molar-refractivity contribution in [1.82, 2.24) is 9.97 Å². The third kappa shape index (κ3) is 10.2. The first-order chi connectivity index (χ1) is 20.7. The molecule has 1 aliphatic heterocycles. The largest absolute Gasteiger partial charge is 0.463 e. The lowest BCUT2D eigenvalue weighted by Crippen LogP contribution is -2.32. The van der Waals surface area contributed by atoms with Gasteiger partial charge in [0.05, 0.1) is 35.8 Å². The van der Waals surface area contributed by atoms with Gasteiger partial charge in [0.15, 0.2) is 0 Å². The molecule has 3 rings (SSSR count). The summed E-state index contributed by atoms with van der Waals surface area (Å²) in [6, 6.07) is 2.57. The molecule has 44 heavy (non-hydrogen) atoms. The quantitative estimate of drug-likeness (QED) is 0.156. The molecule has 2 N–H and O–H groups in total. The number of anilines is 1. The van der Waals surface area contributed by atoms with Crippen molar-refractivity contribution in [1.29, 1.82) is 5.26 Å².